The van der Waals surface area contributed by atoms with Crippen molar-refractivity contribution in [3.63, 3.8) is 0 Å². The van der Waals surface area contributed by atoms with Crippen LogP contribution in [0.15, 0.2) is 84.9 Å². The number of nitrogens with zero attached hydrogens (tertiary/aromatic N) is 1. The Morgan fingerprint density at radius 3 is 1.57 bits per heavy atom. The Bertz CT molecular complexity index is 1290. The van der Waals surface area contributed by atoms with E-state index in [-0.39, 0.29) is 36.6 Å². The topological polar surface area (TPSA) is 68.3 Å². The quantitative estimate of drug-likeness (QED) is 0.300. The lowest BCUT2D eigenvalue weighted by Gasteiger charge is -2.08. The fourth-order valence-electron chi connectivity index (χ4n) is 2.73. The van der Waals surface area contributed by atoms with Crippen molar-refractivity contribution in [1.82, 2.24) is 0 Å². The Labute approximate surface area is 200 Å². The van der Waals surface area contributed by atoms with Gasteiger partial charge < -0.3 is 15.2 Å². The highest BCUT2D eigenvalue weighted by Gasteiger charge is 2.12. The number of ether oxygens (including phenoxy) is 2. The highest BCUT2D eigenvalue weighted by molar-refractivity contribution is 5.40. The summed E-state index contributed by atoms with van der Waals surface area (Å²) >= 11 is 0. The van der Waals surface area contributed by atoms with E-state index >= 15 is 0 Å². The number of nitrogens with two attached hydrogens (primary N) is 1. The zero-order chi connectivity index (χ0) is 24.5. The molecule has 35 heavy (non-hydrogen) atoms. The third-order valence-electron chi connectivity index (χ3n) is 4.40. The summed E-state index contributed by atoms with van der Waals surface area (Å²) in [6.45, 7) is -0.0473. The van der Waals surface area contributed by atoms with E-state index in [4.69, 9.17) is 20.5 Å². The predicted octanol–water partition coefficient (Wildman–Crippen LogP) is 7.48. The van der Waals surface area contributed by atoms with Gasteiger partial charge in [-0.05, 0) is 36.4 Å². The Morgan fingerprint density at radius 1 is 0.657 bits per heavy atom. The largest absolute Gasteiger partial charge is 0.454 e. The second kappa shape index (κ2) is 12.8. The average molecular weight is 482 g/mol. The van der Waals surface area contributed by atoms with Crippen LogP contribution in [0.2, 0.25) is 0 Å². The zero-order valence-electron chi connectivity index (χ0n) is 17.6. The zero-order valence-corrected chi connectivity index (χ0v) is 17.6. The van der Waals surface area contributed by atoms with Gasteiger partial charge in [-0.25, -0.2) is 17.6 Å². The number of para-hydroxylation sites is 2. The van der Waals surface area contributed by atoms with E-state index in [0.29, 0.717) is 11.5 Å². The second-order valence-corrected chi connectivity index (χ2v) is 6.78. The van der Waals surface area contributed by atoms with Gasteiger partial charge in [-0.2, -0.15) is 5.26 Å². The molecule has 4 nitrogen and oxygen atoms in total. The molecule has 2 N–H and O–H groups in total. The van der Waals surface area contributed by atoms with Crippen LogP contribution in [0.1, 0.15) is 18.6 Å². The standard InChI is InChI=1S/C13H11F2NO.C13H7F2NO.CH4/c2*14-11-7-13(12(15)6-9(11)8-16)17-10-4-2-1-3-5-10;/h1-7H,8,16H2;1-7H;1H4. The molecule has 4 aromatic carbocycles. The molecule has 0 radical (unpaired) electrons. The summed E-state index contributed by atoms with van der Waals surface area (Å²) in [5, 5.41) is 8.53. The van der Waals surface area contributed by atoms with Crippen molar-refractivity contribution < 1.29 is 27.0 Å². The van der Waals surface area contributed by atoms with Crippen molar-refractivity contribution in [2.24, 2.45) is 5.73 Å². The Morgan fingerprint density at radius 2 is 1.11 bits per heavy atom. The van der Waals surface area contributed by atoms with E-state index in [1.54, 1.807) is 66.7 Å². The number of benzene rings is 4. The van der Waals surface area contributed by atoms with Gasteiger partial charge in [-0.1, -0.05) is 43.8 Å². The SMILES string of the molecule is C.N#Cc1cc(F)c(Oc2ccccc2)cc1F.NCc1cc(F)c(Oc2ccccc2)cc1F. The minimum atomic E-state index is -0.806. The summed E-state index contributed by atoms with van der Waals surface area (Å²) in [5.74, 6) is -2.32. The molecule has 180 valence electrons. The van der Waals surface area contributed by atoms with Crippen molar-refractivity contribution in [1.29, 1.82) is 5.26 Å². The number of halogens is 4. The van der Waals surface area contributed by atoms with Gasteiger partial charge in [-0.3, -0.25) is 0 Å². The van der Waals surface area contributed by atoms with Crippen LogP contribution >= 0.6 is 0 Å². The molecule has 0 atom stereocenters. The molecule has 0 amide bonds. The molecule has 0 heterocycles. The Hall–Kier alpha value is -4.35. The first-order chi connectivity index (χ1) is 16.4. The molecular formula is C27H22F4N2O2. The first-order valence-corrected chi connectivity index (χ1v) is 9.94. The van der Waals surface area contributed by atoms with Gasteiger partial charge in [0.1, 0.15) is 29.2 Å². The maximum atomic E-state index is 13.6. The smallest absolute Gasteiger partial charge is 0.167 e. The maximum absolute atomic E-state index is 13.6. The Balaban J connectivity index is 0.000000240. The van der Waals surface area contributed by atoms with Crippen molar-refractivity contribution in [3.8, 4) is 29.1 Å². The molecule has 0 saturated carbocycles. The van der Waals surface area contributed by atoms with E-state index in [1.807, 2.05) is 0 Å². The number of rotatable bonds is 5. The lowest BCUT2D eigenvalue weighted by Crippen LogP contribution is -2.01. The normalized spacial score (nSPS) is 9.71. The third kappa shape index (κ3) is 7.32. The minimum absolute atomic E-state index is 0. The molecule has 0 unspecified atom stereocenters. The van der Waals surface area contributed by atoms with Gasteiger partial charge in [0.15, 0.2) is 23.1 Å². The van der Waals surface area contributed by atoms with E-state index < -0.39 is 23.3 Å². The molecule has 0 aliphatic heterocycles. The van der Waals surface area contributed by atoms with Crippen LogP contribution in [0, 0.1) is 34.6 Å². The second-order valence-electron chi connectivity index (χ2n) is 6.78. The van der Waals surface area contributed by atoms with Gasteiger partial charge in [0, 0.05) is 24.2 Å². The molecule has 8 heteroatoms. The fraction of sp³-hybridized carbons (Fsp3) is 0.0741. The molecule has 0 saturated heterocycles. The first kappa shape index (κ1) is 26.9. The predicted molar refractivity (Wildman–Crippen MR) is 125 cm³/mol. The highest BCUT2D eigenvalue weighted by Crippen LogP contribution is 2.27. The maximum Gasteiger partial charge on any atom is 0.167 e. The number of hydrogen-bond acceptors (Lipinski definition) is 4. The lowest BCUT2D eigenvalue weighted by atomic mass is 10.2. The van der Waals surface area contributed by atoms with Crippen LogP contribution in [0.3, 0.4) is 0 Å². The molecule has 0 aromatic heterocycles. The van der Waals surface area contributed by atoms with Crippen LogP contribution in [0.5, 0.6) is 23.0 Å². The Kier molecular flexibility index (Phi) is 9.82. The van der Waals surface area contributed by atoms with E-state index in [9.17, 15) is 17.6 Å². The highest BCUT2D eigenvalue weighted by atomic mass is 19.1. The van der Waals surface area contributed by atoms with Gasteiger partial charge in [0.25, 0.3) is 0 Å². The van der Waals surface area contributed by atoms with Crippen molar-refractivity contribution in [2.75, 3.05) is 0 Å². The number of nitriles is 1. The van der Waals surface area contributed by atoms with Gasteiger partial charge in [0.2, 0.25) is 0 Å². The van der Waals surface area contributed by atoms with Crippen molar-refractivity contribution >= 4 is 0 Å². The van der Waals surface area contributed by atoms with Gasteiger partial charge >= 0.3 is 0 Å². The minimum Gasteiger partial charge on any atom is -0.454 e. The molecule has 0 spiro atoms. The van der Waals surface area contributed by atoms with Crippen molar-refractivity contribution in [3.05, 3.63) is 119 Å². The number of hydrogen-bond donors (Lipinski definition) is 1. The summed E-state index contributed by atoms with van der Waals surface area (Å²) in [5.41, 5.74) is 5.06. The van der Waals surface area contributed by atoms with Crippen LogP contribution in [0.4, 0.5) is 17.6 Å². The molecule has 0 aliphatic carbocycles. The summed E-state index contributed by atoms with van der Waals surface area (Å²) in [4.78, 5) is 0. The summed E-state index contributed by atoms with van der Waals surface area (Å²) < 4.78 is 64.1. The summed E-state index contributed by atoms with van der Waals surface area (Å²) in [6, 6.07) is 22.4. The third-order valence-corrected chi connectivity index (χ3v) is 4.40. The summed E-state index contributed by atoms with van der Waals surface area (Å²) in [7, 11) is 0. The van der Waals surface area contributed by atoms with Gasteiger partial charge in [-0.15, -0.1) is 0 Å². The molecule has 0 aliphatic rings. The van der Waals surface area contributed by atoms with Crippen LogP contribution < -0.4 is 15.2 Å². The fourth-order valence-corrected chi connectivity index (χ4v) is 2.73. The molecular weight excluding hydrogens is 460 g/mol. The van der Waals surface area contributed by atoms with Crippen molar-refractivity contribution in [2.45, 2.75) is 14.0 Å². The van der Waals surface area contributed by atoms with E-state index in [1.165, 1.54) is 0 Å². The monoisotopic (exact) mass is 482 g/mol. The lowest BCUT2D eigenvalue weighted by molar-refractivity contribution is 0.435. The van der Waals surface area contributed by atoms with Crippen LogP contribution in [0.25, 0.3) is 0 Å². The summed E-state index contributed by atoms with van der Waals surface area (Å²) in [6.07, 6.45) is 0. The van der Waals surface area contributed by atoms with Crippen LogP contribution in [-0.4, -0.2) is 0 Å². The first-order valence-electron chi connectivity index (χ1n) is 9.94. The molecule has 0 fully saturated rings. The van der Waals surface area contributed by atoms with Crippen LogP contribution in [-0.2, 0) is 6.54 Å². The van der Waals surface area contributed by atoms with E-state index in [2.05, 4.69) is 0 Å². The molecule has 4 rings (SSSR count). The van der Waals surface area contributed by atoms with Gasteiger partial charge in [0.05, 0.1) is 5.56 Å². The molecule has 0 bridgehead atoms. The van der Waals surface area contributed by atoms with E-state index in [0.717, 1.165) is 24.3 Å². The molecule has 4 aromatic rings. The average Bonchev–Trinajstić information content (AvgIpc) is 2.85.